The minimum absolute atomic E-state index is 0.157. The predicted octanol–water partition coefficient (Wildman–Crippen LogP) is 4.03. The van der Waals surface area contributed by atoms with Gasteiger partial charge in [-0.15, -0.1) is 0 Å². The van der Waals surface area contributed by atoms with Crippen LogP contribution in [0.5, 0.6) is 0 Å². The highest BCUT2D eigenvalue weighted by Crippen LogP contribution is 2.27. The predicted molar refractivity (Wildman–Crippen MR) is 96.6 cm³/mol. The molecule has 0 saturated carbocycles. The van der Waals surface area contributed by atoms with Crippen LogP contribution in [0.15, 0.2) is 57.5 Å². The second kappa shape index (κ2) is 6.48. The number of fused-ring (bicyclic) bond motifs is 1. The molecule has 0 spiro atoms. The Hall–Kier alpha value is -3.41. The van der Waals surface area contributed by atoms with Gasteiger partial charge in [0.05, 0.1) is 6.54 Å². The summed E-state index contributed by atoms with van der Waals surface area (Å²) < 4.78 is 11.0. The third-order valence-electron chi connectivity index (χ3n) is 4.26. The zero-order valence-corrected chi connectivity index (χ0v) is 14.4. The van der Waals surface area contributed by atoms with Gasteiger partial charge in [-0.1, -0.05) is 41.6 Å². The topological polar surface area (TPSA) is 81.2 Å². The van der Waals surface area contributed by atoms with Crippen LogP contribution in [-0.4, -0.2) is 16.0 Å². The van der Waals surface area contributed by atoms with E-state index in [1.165, 1.54) is 0 Å². The molecule has 130 valence electrons. The zero-order chi connectivity index (χ0) is 18.1. The molecule has 0 aliphatic heterocycles. The number of hydrogen-bond acceptors (Lipinski definition) is 5. The summed E-state index contributed by atoms with van der Waals surface area (Å²) >= 11 is 0. The van der Waals surface area contributed by atoms with Gasteiger partial charge in [0.1, 0.15) is 5.58 Å². The standard InChI is InChI=1S/C20H17N3O3/c1-12-7-6-10-15-13(2)18(25-17(12)15)19(24)21-11-16-22-20(26-23-16)14-8-4-3-5-9-14/h3-10H,11H2,1-2H3,(H,21,24). The van der Waals surface area contributed by atoms with Crippen molar-refractivity contribution in [2.45, 2.75) is 20.4 Å². The largest absolute Gasteiger partial charge is 0.450 e. The Balaban J connectivity index is 1.50. The van der Waals surface area contributed by atoms with Crippen LogP contribution < -0.4 is 5.32 Å². The van der Waals surface area contributed by atoms with Crippen molar-refractivity contribution in [1.29, 1.82) is 0 Å². The van der Waals surface area contributed by atoms with Crippen LogP contribution in [-0.2, 0) is 6.54 Å². The third-order valence-corrected chi connectivity index (χ3v) is 4.26. The molecule has 0 atom stereocenters. The lowest BCUT2D eigenvalue weighted by Crippen LogP contribution is -2.23. The first-order chi connectivity index (χ1) is 12.6. The molecular weight excluding hydrogens is 330 g/mol. The van der Waals surface area contributed by atoms with E-state index in [4.69, 9.17) is 8.94 Å². The smallest absolute Gasteiger partial charge is 0.287 e. The van der Waals surface area contributed by atoms with Crippen molar-refractivity contribution in [2.24, 2.45) is 0 Å². The molecule has 26 heavy (non-hydrogen) atoms. The normalized spacial score (nSPS) is 11.0. The average molecular weight is 347 g/mol. The summed E-state index contributed by atoms with van der Waals surface area (Å²) in [6.07, 6.45) is 0. The molecule has 2 aromatic heterocycles. The molecule has 4 aromatic rings. The maximum absolute atomic E-state index is 12.5. The first-order valence-electron chi connectivity index (χ1n) is 8.28. The van der Waals surface area contributed by atoms with Crippen molar-refractivity contribution in [3.8, 4) is 11.5 Å². The number of hydrogen-bond donors (Lipinski definition) is 1. The van der Waals surface area contributed by atoms with Gasteiger partial charge in [0, 0.05) is 16.5 Å². The van der Waals surface area contributed by atoms with E-state index in [0.29, 0.717) is 17.5 Å². The van der Waals surface area contributed by atoms with Gasteiger partial charge in [-0.05, 0) is 31.5 Å². The van der Waals surface area contributed by atoms with Crippen LogP contribution in [0, 0.1) is 13.8 Å². The lowest BCUT2D eigenvalue weighted by molar-refractivity contribution is 0.0923. The minimum atomic E-state index is -0.302. The highest BCUT2D eigenvalue weighted by molar-refractivity contribution is 5.99. The van der Waals surface area contributed by atoms with Crippen LogP contribution in [0.25, 0.3) is 22.4 Å². The lowest BCUT2D eigenvalue weighted by Gasteiger charge is -2.00. The third kappa shape index (κ3) is 2.86. The van der Waals surface area contributed by atoms with Crippen molar-refractivity contribution in [1.82, 2.24) is 15.5 Å². The second-order valence-electron chi connectivity index (χ2n) is 6.07. The number of carbonyl (C=O) groups excluding carboxylic acids is 1. The highest BCUT2D eigenvalue weighted by Gasteiger charge is 2.19. The SMILES string of the molecule is Cc1c(C(=O)NCc2noc(-c3ccccc3)n2)oc2c(C)cccc12. The number of aromatic nitrogens is 2. The first-order valence-corrected chi connectivity index (χ1v) is 8.28. The van der Waals surface area contributed by atoms with Gasteiger partial charge < -0.3 is 14.3 Å². The summed E-state index contributed by atoms with van der Waals surface area (Å²) in [6.45, 7) is 3.99. The summed E-state index contributed by atoms with van der Waals surface area (Å²) in [5.74, 6) is 0.831. The van der Waals surface area contributed by atoms with E-state index >= 15 is 0 Å². The molecule has 0 radical (unpaired) electrons. The second-order valence-corrected chi connectivity index (χ2v) is 6.07. The zero-order valence-electron chi connectivity index (χ0n) is 14.4. The van der Waals surface area contributed by atoms with E-state index < -0.39 is 0 Å². The van der Waals surface area contributed by atoms with Gasteiger partial charge in [0.25, 0.3) is 11.8 Å². The van der Waals surface area contributed by atoms with E-state index in [9.17, 15) is 4.79 Å². The average Bonchev–Trinajstić information content (AvgIpc) is 3.27. The number of nitrogens with zero attached hydrogens (tertiary/aromatic N) is 2. The van der Waals surface area contributed by atoms with E-state index in [0.717, 1.165) is 27.7 Å². The molecule has 2 aromatic carbocycles. The molecule has 6 heteroatoms. The van der Waals surface area contributed by atoms with Crippen molar-refractivity contribution in [3.63, 3.8) is 0 Å². The fraction of sp³-hybridized carbons (Fsp3) is 0.150. The molecule has 0 bridgehead atoms. The number of amides is 1. The lowest BCUT2D eigenvalue weighted by atomic mass is 10.1. The Bertz CT molecular complexity index is 1080. The first kappa shape index (κ1) is 16.1. The Kier molecular flexibility index (Phi) is 4.01. The summed E-state index contributed by atoms with van der Waals surface area (Å²) in [5, 5.41) is 7.64. The van der Waals surface area contributed by atoms with E-state index in [-0.39, 0.29) is 12.5 Å². The van der Waals surface area contributed by atoms with Crippen molar-refractivity contribution in [2.75, 3.05) is 0 Å². The fourth-order valence-corrected chi connectivity index (χ4v) is 2.86. The number of aryl methyl sites for hydroxylation is 2. The fourth-order valence-electron chi connectivity index (χ4n) is 2.86. The molecule has 1 amide bonds. The molecule has 0 fully saturated rings. The summed E-state index contributed by atoms with van der Waals surface area (Å²) in [7, 11) is 0. The molecule has 0 unspecified atom stereocenters. The maximum atomic E-state index is 12.5. The van der Waals surface area contributed by atoms with E-state index in [1.807, 2.05) is 62.4 Å². The molecule has 0 saturated heterocycles. The van der Waals surface area contributed by atoms with Crippen LogP contribution in [0.1, 0.15) is 27.5 Å². The molecule has 2 heterocycles. The van der Waals surface area contributed by atoms with Gasteiger partial charge >= 0.3 is 0 Å². The number of rotatable bonds is 4. The molecular formula is C20H17N3O3. The quantitative estimate of drug-likeness (QED) is 0.603. The maximum Gasteiger partial charge on any atom is 0.287 e. The number of furan rings is 1. The molecule has 4 rings (SSSR count). The number of benzene rings is 2. The van der Waals surface area contributed by atoms with Gasteiger partial charge in [-0.3, -0.25) is 4.79 Å². The van der Waals surface area contributed by atoms with E-state index in [2.05, 4.69) is 15.5 Å². The van der Waals surface area contributed by atoms with Gasteiger partial charge in [-0.25, -0.2) is 0 Å². The number of para-hydroxylation sites is 1. The van der Waals surface area contributed by atoms with Gasteiger partial charge in [0.2, 0.25) is 0 Å². The van der Waals surface area contributed by atoms with Crippen LogP contribution >= 0.6 is 0 Å². The van der Waals surface area contributed by atoms with Crippen LogP contribution in [0.3, 0.4) is 0 Å². The summed E-state index contributed by atoms with van der Waals surface area (Å²) in [4.78, 5) is 16.8. The monoisotopic (exact) mass is 347 g/mol. The molecule has 1 N–H and O–H groups in total. The van der Waals surface area contributed by atoms with Gasteiger partial charge in [0.15, 0.2) is 11.6 Å². The van der Waals surface area contributed by atoms with Crippen molar-refractivity contribution >= 4 is 16.9 Å². The summed E-state index contributed by atoms with van der Waals surface area (Å²) in [5.41, 5.74) is 3.39. The molecule has 6 nitrogen and oxygen atoms in total. The van der Waals surface area contributed by atoms with Crippen molar-refractivity contribution < 1.29 is 13.7 Å². The number of nitrogens with one attached hydrogen (secondary N) is 1. The minimum Gasteiger partial charge on any atom is -0.450 e. The Morgan fingerprint density at radius 3 is 2.65 bits per heavy atom. The Labute approximate surface area is 149 Å². The van der Waals surface area contributed by atoms with Crippen LogP contribution in [0.4, 0.5) is 0 Å². The van der Waals surface area contributed by atoms with Crippen LogP contribution in [0.2, 0.25) is 0 Å². The Morgan fingerprint density at radius 1 is 1.08 bits per heavy atom. The number of carbonyl (C=O) groups is 1. The summed E-state index contributed by atoms with van der Waals surface area (Å²) in [6, 6.07) is 15.3. The van der Waals surface area contributed by atoms with Crippen molar-refractivity contribution in [3.05, 3.63) is 71.2 Å². The highest BCUT2D eigenvalue weighted by atomic mass is 16.5. The van der Waals surface area contributed by atoms with E-state index in [1.54, 1.807) is 0 Å². The van der Waals surface area contributed by atoms with Gasteiger partial charge in [-0.2, -0.15) is 4.98 Å². The Morgan fingerprint density at radius 2 is 1.88 bits per heavy atom. The molecule has 0 aliphatic carbocycles. The molecule has 0 aliphatic rings.